The molecule has 4 aromatic rings. The van der Waals surface area contributed by atoms with E-state index in [0.717, 1.165) is 42.2 Å². The van der Waals surface area contributed by atoms with Crippen molar-refractivity contribution in [2.24, 2.45) is 0 Å². The summed E-state index contributed by atoms with van der Waals surface area (Å²) in [6.07, 6.45) is 5.64. The number of amides is 1. The summed E-state index contributed by atoms with van der Waals surface area (Å²) in [5.41, 5.74) is 1.92. The standard InChI is InChI=1S/C22H18FN3O/c23-19-10-4-3-9-17(19)21-24-13-20-16-8-2-1-7-15(16)18(14-26(20)21)22(27)25-11-5-6-12-25/h1-4,7-10,13-14H,5-6,11-12H2. The third-order valence-electron chi connectivity index (χ3n) is 5.29. The first-order valence-electron chi connectivity index (χ1n) is 9.17. The van der Waals surface area contributed by atoms with Gasteiger partial charge in [-0.05, 0) is 30.4 Å². The Bertz CT molecular complexity index is 1170. The van der Waals surface area contributed by atoms with Crippen LogP contribution in [0.3, 0.4) is 0 Å². The van der Waals surface area contributed by atoms with Crippen molar-refractivity contribution in [2.45, 2.75) is 12.8 Å². The Hall–Kier alpha value is -3.21. The largest absolute Gasteiger partial charge is 0.339 e. The quantitative estimate of drug-likeness (QED) is 0.527. The van der Waals surface area contributed by atoms with Crippen molar-refractivity contribution in [1.82, 2.24) is 14.3 Å². The van der Waals surface area contributed by atoms with Gasteiger partial charge in [0.1, 0.15) is 11.6 Å². The smallest absolute Gasteiger partial charge is 0.255 e. The molecule has 0 radical (unpaired) electrons. The Morgan fingerprint density at radius 2 is 1.67 bits per heavy atom. The summed E-state index contributed by atoms with van der Waals surface area (Å²) >= 11 is 0. The molecule has 134 valence electrons. The molecule has 1 amide bonds. The minimum absolute atomic E-state index is 0.0267. The monoisotopic (exact) mass is 359 g/mol. The molecule has 5 rings (SSSR count). The zero-order valence-corrected chi connectivity index (χ0v) is 14.7. The molecule has 0 aliphatic carbocycles. The highest BCUT2D eigenvalue weighted by atomic mass is 19.1. The lowest BCUT2D eigenvalue weighted by Crippen LogP contribution is -2.28. The Kier molecular flexibility index (Phi) is 3.67. The molecule has 3 heterocycles. The van der Waals surface area contributed by atoms with Crippen LogP contribution in [0.5, 0.6) is 0 Å². The number of imidazole rings is 1. The fourth-order valence-corrected chi connectivity index (χ4v) is 3.93. The van der Waals surface area contributed by atoms with E-state index in [1.807, 2.05) is 39.8 Å². The minimum Gasteiger partial charge on any atom is -0.339 e. The van der Waals surface area contributed by atoms with E-state index < -0.39 is 0 Å². The van der Waals surface area contributed by atoms with Crippen LogP contribution in [-0.4, -0.2) is 33.3 Å². The highest BCUT2D eigenvalue weighted by Gasteiger charge is 2.23. The summed E-state index contributed by atoms with van der Waals surface area (Å²) in [4.78, 5) is 19.5. The number of likely N-dealkylation sites (tertiary alicyclic amines) is 1. The molecule has 1 saturated heterocycles. The van der Waals surface area contributed by atoms with Crippen LogP contribution >= 0.6 is 0 Å². The first-order chi connectivity index (χ1) is 13.2. The van der Waals surface area contributed by atoms with E-state index in [-0.39, 0.29) is 11.7 Å². The molecule has 1 aliphatic heterocycles. The van der Waals surface area contributed by atoms with Gasteiger partial charge in [-0.25, -0.2) is 9.37 Å². The minimum atomic E-state index is -0.328. The highest BCUT2D eigenvalue weighted by Crippen LogP contribution is 2.30. The molecule has 0 unspecified atom stereocenters. The van der Waals surface area contributed by atoms with Crippen molar-refractivity contribution >= 4 is 22.2 Å². The van der Waals surface area contributed by atoms with Crippen molar-refractivity contribution in [3.63, 3.8) is 0 Å². The number of carbonyl (C=O) groups excluding carboxylic acids is 1. The Balaban J connectivity index is 1.80. The average molecular weight is 359 g/mol. The molecular formula is C22H18FN3O. The molecule has 0 bridgehead atoms. The zero-order valence-electron chi connectivity index (χ0n) is 14.7. The lowest BCUT2D eigenvalue weighted by Gasteiger charge is -2.17. The van der Waals surface area contributed by atoms with E-state index in [1.165, 1.54) is 6.07 Å². The van der Waals surface area contributed by atoms with Crippen LogP contribution in [0.2, 0.25) is 0 Å². The number of hydrogen-bond donors (Lipinski definition) is 0. The van der Waals surface area contributed by atoms with Gasteiger partial charge in [-0.2, -0.15) is 0 Å². The number of pyridine rings is 1. The molecule has 1 aliphatic rings. The van der Waals surface area contributed by atoms with E-state index in [1.54, 1.807) is 24.4 Å². The van der Waals surface area contributed by atoms with Crippen molar-refractivity contribution in [1.29, 1.82) is 0 Å². The van der Waals surface area contributed by atoms with Crippen LogP contribution in [0.1, 0.15) is 23.2 Å². The average Bonchev–Trinajstić information content (AvgIpc) is 3.37. The Labute approximate surface area is 155 Å². The van der Waals surface area contributed by atoms with E-state index in [0.29, 0.717) is 17.0 Å². The van der Waals surface area contributed by atoms with Gasteiger partial charge in [-0.15, -0.1) is 0 Å². The number of fused-ring (bicyclic) bond motifs is 3. The maximum atomic E-state index is 14.4. The van der Waals surface area contributed by atoms with Crippen molar-refractivity contribution in [3.8, 4) is 11.4 Å². The predicted molar refractivity (Wildman–Crippen MR) is 103 cm³/mol. The number of halogens is 1. The molecular weight excluding hydrogens is 341 g/mol. The summed E-state index contributed by atoms with van der Waals surface area (Å²) in [5.74, 6) is 0.202. The summed E-state index contributed by atoms with van der Waals surface area (Å²) in [6, 6.07) is 14.4. The molecule has 5 heteroatoms. The number of rotatable bonds is 2. The maximum Gasteiger partial charge on any atom is 0.255 e. The molecule has 1 fully saturated rings. The van der Waals surface area contributed by atoms with Crippen molar-refractivity contribution in [2.75, 3.05) is 13.1 Å². The van der Waals surface area contributed by atoms with E-state index >= 15 is 0 Å². The lowest BCUT2D eigenvalue weighted by molar-refractivity contribution is 0.0794. The van der Waals surface area contributed by atoms with Crippen LogP contribution in [0.15, 0.2) is 60.9 Å². The third kappa shape index (κ3) is 2.50. The Morgan fingerprint density at radius 3 is 2.44 bits per heavy atom. The molecule has 0 N–H and O–H groups in total. The molecule has 0 spiro atoms. The zero-order chi connectivity index (χ0) is 18.4. The van der Waals surface area contributed by atoms with E-state index in [2.05, 4.69) is 4.98 Å². The number of hydrogen-bond acceptors (Lipinski definition) is 2. The van der Waals surface area contributed by atoms with E-state index in [4.69, 9.17) is 0 Å². The van der Waals surface area contributed by atoms with Gasteiger partial charge in [0.25, 0.3) is 5.91 Å². The Morgan fingerprint density at radius 1 is 0.963 bits per heavy atom. The second kappa shape index (κ2) is 6.20. The fraction of sp³-hybridized carbons (Fsp3) is 0.182. The fourth-order valence-electron chi connectivity index (χ4n) is 3.93. The summed E-state index contributed by atoms with van der Waals surface area (Å²) in [5, 5.41) is 1.85. The van der Waals surface area contributed by atoms with Gasteiger partial charge >= 0.3 is 0 Å². The maximum absolute atomic E-state index is 14.4. The number of carbonyl (C=O) groups is 1. The van der Waals surface area contributed by atoms with Gasteiger partial charge < -0.3 is 4.90 Å². The van der Waals surface area contributed by atoms with Crippen LogP contribution in [0.4, 0.5) is 4.39 Å². The summed E-state index contributed by atoms with van der Waals surface area (Å²) < 4.78 is 16.2. The SMILES string of the molecule is O=C(c1cn2c(-c3ccccc3F)ncc2c2ccccc12)N1CCCC1. The second-order valence-electron chi connectivity index (χ2n) is 6.90. The first kappa shape index (κ1) is 16.0. The first-order valence-corrected chi connectivity index (χ1v) is 9.17. The van der Waals surface area contributed by atoms with Crippen LogP contribution in [0.25, 0.3) is 27.7 Å². The molecule has 0 saturated carbocycles. The van der Waals surface area contributed by atoms with E-state index in [9.17, 15) is 9.18 Å². The normalized spacial score (nSPS) is 14.3. The topological polar surface area (TPSA) is 37.6 Å². The van der Waals surface area contributed by atoms with Gasteiger partial charge in [-0.3, -0.25) is 9.20 Å². The van der Waals surface area contributed by atoms with Gasteiger partial charge in [0, 0.05) is 24.7 Å². The molecule has 0 atom stereocenters. The molecule has 4 nitrogen and oxygen atoms in total. The van der Waals surface area contributed by atoms with Crippen molar-refractivity contribution < 1.29 is 9.18 Å². The summed E-state index contributed by atoms with van der Waals surface area (Å²) in [7, 11) is 0. The number of benzene rings is 2. The van der Waals surface area contributed by atoms with Gasteiger partial charge in [0.15, 0.2) is 0 Å². The molecule has 2 aromatic heterocycles. The number of nitrogens with zero attached hydrogens (tertiary/aromatic N) is 3. The molecule has 27 heavy (non-hydrogen) atoms. The van der Waals surface area contributed by atoms with Crippen molar-refractivity contribution in [3.05, 3.63) is 72.3 Å². The van der Waals surface area contributed by atoms with Crippen LogP contribution < -0.4 is 0 Å². The van der Waals surface area contributed by atoms with Gasteiger partial charge in [-0.1, -0.05) is 36.4 Å². The van der Waals surface area contributed by atoms with Gasteiger partial charge in [0.2, 0.25) is 0 Å². The number of aromatic nitrogens is 2. The van der Waals surface area contributed by atoms with Gasteiger partial charge in [0.05, 0.1) is 22.8 Å². The lowest BCUT2D eigenvalue weighted by atomic mass is 10.1. The van der Waals surface area contributed by atoms with Crippen LogP contribution in [0, 0.1) is 5.82 Å². The highest BCUT2D eigenvalue weighted by molar-refractivity contribution is 6.11. The van der Waals surface area contributed by atoms with Crippen LogP contribution in [-0.2, 0) is 0 Å². The second-order valence-corrected chi connectivity index (χ2v) is 6.90. The third-order valence-corrected chi connectivity index (χ3v) is 5.29. The predicted octanol–water partition coefficient (Wildman–Crippen LogP) is 4.53. The molecule has 2 aromatic carbocycles. The summed E-state index contributed by atoms with van der Waals surface area (Å²) in [6.45, 7) is 1.57.